The number of rotatable bonds is 8. The highest BCUT2D eigenvalue weighted by molar-refractivity contribution is 5.83. The zero-order valence-corrected chi connectivity index (χ0v) is 24.1. The molecular weight excluding hydrogens is 436 g/mol. The van der Waals surface area contributed by atoms with Crippen LogP contribution in [0.15, 0.2) is 0 Å². The molecule has 3 aliphatic carbocycles. The lowest BCUT2D eigenvalue weighted by Gasteiger charge is -2.65. The molecule has 3 aliphatic rings. The second-order valence-corrected chi connectivity index (χ2v) is 14.0. The molecule has 35 heavy (non-hydrogen) atoms. The Kier molecular flexibility index (Phi) is 8.75. The minimum atomic E-state index is -0.570. The number of esters is 2. The average molecular weight is 491 g/mol. The quantitative estimate of drug-likeness (QED) is 0.322. The van der Waals surface area contributed by atoms with Gasteiger partial charge in [-0.25, -0.2) is 4.79 Å². The topological polar surface area (TPSA) is 52.6 Å². The third-order valence-corrected chi connectivity index (χ3v) is 10.8. The molecular formula is C31H54O4. The van der Waals surface area contributed by atoms with E-state index < -0.39 is 11.0 Å². The number of ether oxygens (including phenoxy) is 2. The third-order valence-electron chi connectivity index (χ3n) is 10.8. The molecule has 202 valence electrons. The summed E-state index contributed by atoms with van der Waals surface area (Å²) in [6.07, 6.45) is 13.7. The van der Waals surface area contributed by atoms with Crippen molar-refractivity contribution in [3.05, 3.63) is 0 Å². The van der Waals surface area contributed by atoms with Gasteiger partial charge in [-0.3, -0.25) is 4.79 Å². The van der Waals surface area contributed by atoms with E-state index in [9.17, 15) is 9.59 Å². The van der Waals surface area contributed by atoms with Gasteiger partial charge >= 0.3 is 11.9 Å². The Labute approximate surface area is 215 Å². The van der Waals surface area contributed by atoms with Crippen LogP contribution in [0.25, 0.3) is 0 Å². The Balaban J connectivity index is 1.75. The first kappa shape index (κ1) is 28.5. The van der Waals surface area contributed by atoms with Gasteiger partial charge in [0.25, 0.3) is 0 Å². The van der Waals surface area contributed by atoms with Crippen LogP contribution in [0, 0.1) is 39.9 Å². The molecule has 0 aromatic heterocycles. The van der Waals surface area contributed by atoms with E-state index in [1.165, 1.54) is 38.5 Å². The van der Waals surface area contributed by atoms with Gasteiger partial charge in [0.1, 0.15) is 5.60 Å². The van der Waals surface area contributed by atoms with Crippen molar-refractivity contribution in [3.63, 3.8) is 0 Å². The molecule has 0 saturated heterocycles. The van der Waals surface area contributed by atoms with Gasteiger partial charge in [-0.05, 0) is 73.0 Å². The molecule has 0 spiro atoms. The second kappa shape index (κ2) is 10.7. The maximum Gasteiger partial charge on any atom is 0.344 e. The van der Waals surface area contributed by atoms with Crippen LogP contribution in [0.1, 0.15) is 132 Å². The van der Waals surface area contributed by atoms with Crippen LogP contribution >= 0.6 is 0 Å². The third kappa shape index (κ3) is 5.33. The first-order valence-electron chi connectivity index (χ1n) is 14.7. The van der Waals surface area contributed by atoms with Crippen LogP contribution in [0.3, 0.4) is 0 Å². The zero-order chi connectivity index (χ0) is 26.1. The summed E-state index contributed by atoms with van der Waals surface area (Å²) in [6, 6.07) is 0. The first-order valence-corrected chi connectivity index (χ1v) is 14.7. The van der Waals surface area contributed by atoms with E-state index in [2.05, 4.69) is 55.4 Å². The lowest BCUT2D eigenvalue weighted by Crippen LogP contribution is -2.66. The van der Waals surface area contributed by atoms with E-state index in [4.69, 9.17) is 9.47 Å². The summed E-state index contributed by atoms with van der Waals surface area (Å²) in [6.45, 7) is 17.3. The van der Waals surface area contributed by atoms with Crippen LogP contribution in [-0.2, 0) is 19.1 Å². The predicted molar refractivity (Wildman–Crippen MR) is 142 cm³/mol. The molecule has 0 aliphatic heterocycles. The van der Waals surface area contributed by atoms with Gasteiger partial charge in [-0.15, -0.1) is 0 Å². The lowest BCUT2D eigenvalue weighted by atomic mass is 9.37. The van der Waals surface area contributed by atoms with Crippen LogP contribution in [0.4, 0.5) is 0 Å². The van der Waals surface area contributed by atoms with Crippen molar-refractivity contribution in [2.45, 2.75) is 138 Å². The molecule has 0 radical (unpaired) electrons. The summed E-state index contributed by atoms with van der Waals surface area (Å²) in [5.41, 5.74) is -1.15. The van der Waals surface area contributed by atoms with Crippen LogP contribution < -0.4 is 0 Å². The summed E-state index contributed by atoms with van der Waals surface area (Å²) in [5, 5.41) is 0. The Morgan fingerprint density at radius 3 is 1.71 bits per heavy atom. The molecule has 0 aromatic rings. The van der Waals surface area contributed by atoms with Gasteiger partial charge in [-0.2, -0.15) is 0 Å². The normalized spacial score (nSPS) is 30.4. The lowest BCUT2D eigenvalue weighted by molar-refractivity contribution is -0.224. The van der Waals surface area contributed by atoms with E-state index in [-0.39, 0.29) is 35.3 Å². The zero-order valence-electron chi connectivity index (χ0n) is 24.1. The van der Waals surface area contributed by atoms with Gasteiger partial charge < -0.3 is 9.47 Å². The van der Waals surface area contributed by atoms with Gasteiger partial charge in [0, 0.05) is 0 Å². The molecule has 3 fully saturated rings. The number of carbonyl (C=O) groups excluding carboxylic acids is 2. The van der Waals surface area contributed by atoms with E-state index in [1.54, 1.807) is 0 Å². The Hall–Kier alpha value is -1.06. The minimum Gasteiger partial charge on any atom is -0.456 e. The van der Waals surface area contributed by atoms with Crippen molar-refractivity contribution in [1.82, 2.24) is 0 Å². The molecule has 0 N–H and O–H groups in total. The van der Waals surface area contributed by atoms with Crippen molar-refractivity contribution in [1.29, 1.82) is 0 Å². The highest BCUT2D eigenvalue weighted by Crippen LogP contribution is 2.68. The fourth-order valence-electron chi connectivity index (χ4n) is 8.52. The second-order valence-electron chi connectivity index (χ2n) is 14.0. The van der Waals surface area contributed by atoms with Gasteiger partial charge in [0.15, 0.2) is 6.61 Å². The monoisotopic (exact) mass is 490 g/mol. The molecule has 0 amide bonds. The maximum atomic E-state index is 13.7. The predicted octanol–water partition coefficient (Wildman–Crippen LogP) is 8.12. The molecule has 3 unspecified atom stereocenters. The fraction of sp³-hybridized carbons (Fsp3) is 0.935. The first-order chi connectivity index (χ1) is 16.3. The van der Waals surface area contributed by atoms with Crippen LogP contribution in [0.5, 0.6) is 0 Å². The number of hydrogen-bond acceptors (Lipinski definition) is 4. The van der Waals surface area contributed by atoms with Gasteiger partial charge in [-0.1, -0.05) is 93.9 Å². The Bertz CT molecular complexity index is 718. The Morgan fingerprint density at radius 1 is 0.829 bits per heavy atom. The molecule has 0 bridgehead atoms. The molecule has 4 nitrogen and oxygen atoms in total. The molecule has 3 atom stereocenters. The number of hydrogen-bond donors (Lipinski definition) is 0. The highest BCUT2D eigenvalue weighted by atomic mass is 16.6. The van der Waals surface area contributed by atoms with E-state index in [1.807, 2.05) is 0 Å². The average Bonchev–Trinajstić information content (AvgIpc) is 2.84. The van der Waals surface area contributed by atoms with Crippen molar-refractivity contribution < 1.29 is 19.1 Å². The van der Waals surface area contributed by atoms with E-state index in [0.29, 0.717) is 17.8 Å². The van der Waals surface area contributed by atoms with Crippen LogP contribution in [-0.4, -0.2) is 24.1 Å². The summed E-state index contributed by atoms with van der Waals surface area (Å²) >= 11 is 0. The maximum absolute atomic E-state index is 13.7. The molecule has 0 aromatic carbocycles. The van der Waals surface area contributed by atoms with E-state index >= 15 is 0 Å². The summed E-state index contributed by atoms with van der Waals surface area (Å²) in [7, 11) is 0. The summed E-state index contributed by atoms with van der Waals surface area (Å²) in [4.78, 5) is 27.0. The molecule has 0 heterocycles. The largest absolute Gasteiger partial charge is 0.456 e. The van der Waals surface area contributed by atoms with Crippen molar-refractivity contribution in [3.8, 4) is 0 Å². The smallest absolute Gasteiger partial charge is 0.344 e. The standard InChI is InChI=1S/C31H54O4/c1-9-31(24-16-12-10-13-17-24,25-18-14-11-15-19-25)35-26(32)20-34-27(33)30(21-28(4,5)6)23(3)22(2)29(30,7)8/h22-25H,9-21H2,1-8H3. The summed E-state index contributed by atoms with van der Waals surface area (Å²) in [5.74, 6) is 0.956. The van der Waals surface area contributed by atoms with E-state index in [0.717, 1.165) is 38.5 Å². The summed E-state index contributed by atoms with van der Waals surface area (Å²) < 4.78 is 12.3. The SMILES string of the molecule is CCC(OC(=O)COC(=O)C1(CC(C)(C)C)C(C)C(C)C1(C)C)(C1CCCCC1)C1CCCCC1. The minimum absolute atomic E-state index is 0.00940. The fourth-order valence-corrected chi connectivity index (χ4v) is 8.52. The highest BCUT2D eigenvalue weighted by Gasteiger charge is 2.68. The van der Waals surface area contributed by atoms with Crippen molar-refractivity contribution in [2.75, 3.05) is 6.61 Å². The van der Waals surface area contributed by atoms with Crippen molar-refractivity contribution >= 4 is 11.9 Å². The number of carbonyl (C=O) groups is 2. The Morgan fingerprint density at radius 2 is 1.31 bits per heavy atom. The van der Waals surface area contributed by atoms with Gasteiger partial charge in [0.05, 0.1) is 5.41 Å². The molecule has 3 saturated carbocycles. The van der Waals surface area contributed by atoms with Crippen LogP contribution in [0.2, 0.25) is 0 Å². The molecule has 4 heteroatoms. The van der Waals surface area contributed by atoms with Crippen molar-refractivity contribution in [2.24, 2.45) is 39.9 Å². The molecule has 3 rings (SSSR count). The van der Waals surface area contributed by atoms with Gasteiger partial charge in [0.2, 0.25) is 0 Å².